The van der Waals surface area contributed by atoms with Gasteiger partial charge in [0.25, 0.3) is 5.91 Å². The highest BCUT2D eigenvalue weighted by atomic mass is 16.3. The van der Waals surface area contributed by atoms with Crippen LogP contribution in [0.15, 0.2) is 18.6 Å². The SMILES string of the molecule is O=C(NC1CC(O)C12CCC2)c1ncnc2[nH]ccc12. The first kappa shape index (κ1) is 11.8. The van der Waals surface area contributed by atoms with E-state index in [1.54, 1.807) is 12.3 Å². The number of amides is 1. The van der Waals surface area contributed by atoms with Gasteiger partial charge < -0.3 is 15.4 Å². The van der Waals surface area contributed by atoms with E-state index in [-0.39, 0.29) is 23.5 Å². The van der Waals surface area contributed by atoms with E-state index >= 15 is 0 Å². The lowest BCUT2D eigenvalue weighted by Gasteiger charge is -2.59. The van der Waals surface area contributed by atoms with E-state index in [1.165, 1.54) is 6.33 Å². The average Bonchev–Trinajstić information content (AvgIpc) is 2.83. The summed E-state index contributed by atoms with van der Waals surface area (Å²) in [6.07, 6.45) is 6.66. The predicted octanol–water partition coefficient (Wildman–Crippen LogP) is 0.991. The zero-order valence-corrected chi connectivity index (χ0v) is 11.0. The number of nitrogens with one attached hydrogen (secondary N) is 2. The third kappa shape index (κ3) is 1.45. The maximum absolute atomic E-state index is 12.4. The van der Waals surface area contributed by atoms with E-state index in [9.17, 15) is 9.90 Å². The van der Waals surface area contributed by atoms with Gasteiger partial charge in [0.05, 0.1) is 11.5 Å². The highest BCUT2D eigenvalue weighted by Gasteiger charge is 2.58. The van der Waals surface area contributed by atoms with Gasteiger partial charge in [-0.1, -0.05) is 6.42 Å². The largest absolute Gasteiger partial charge is 0.392 e. The molecular formula is C14H16N4O2. The third-order valence-electron chi connectivity index (χ3n) is 4.98. The molecule has 0 saturated heterocycles. The minimum absolute atomic E-state index is 0.0695. The molecule has 1 amide bonds. The van der Waals surface area contributed by atoms with E-state index in [0.29, 0.717) is 17.8 Å². The Hall–Kier alpha value is -1.95. The van der Waals surface area contributed by atoms with Crippen LogP contribution in [0.3, 0.4) is 0 Å². The van der Waals surface area contributed by atoms with Crippen molar-refractivity contribution in [3.63, 3.8) is 0 Å². The fourth-order valence-corrected chi connectivity index (χ4v) is 3.51. The summed E-state index contributed by atoms with van der Waals surface area (Å²) in [5, 5.41) is 13.7. The van der Waals surface area contributed by atoms with Gasteiger partial charge in [0.1, 0.15) is 17.7 Å². The molecule has 2 aromatic heterocycles. The average molecular weight is 272 g/mol. The molecule has 2 fully saturated rings. The van der Waals surface area contributed by atoms with Crippen molar-refractivity contribution < 1.29 is 9.90 Å². The van der Waals surface area contributed by atoms with Gasteiger partial charge in [-0.2, -0.15) is 0 Å². The molecule has 2 aliphatic rings. The van der Waals surface area contributed by atoms with Crippen molar-refractivity contribution in [3.8, 4) is 0 Å². The minimum atomic E-state index is -0.265. The molecule has 2 unspecified atom stereocenters. The van der Waals surface area contributed by atoms with Crippen molar-refractivity contribution in [3.05, 3.63) is 24.3 Å². The Labute approximate surface area is 115 Å². The van der Waals surface area contributed by atoms with Crippen molar-refractivity contribution in [2.24, 2.45) is 5.41 Å². The molecule has 0 bridgehead atoms. The molecule has 2 aromatic rings. The van der Waals surface area contributed by atoms with Gasteiger partial charge in [0, 0.05) is 17.7 Å². The Morgan fingerprint density at radius 2 is 2.30 bits per heavy atom. The molecule has 2 saturated carbocycles. The van der Waals surface area contributed by atoms with Crippen molar-refractivity contribution in [2.75, 3.05) is 0 Å². The maximum atomic E-state index is 12.4. The van der Waals surface area contributed by atoms with Crippen LogP contribution in [0.2, 0.25) is 0 Å². The number of aliphatic hydroxyl groups is 1. The van der Waals surface area contributed by atoms with Crippen LogP contribution in [0.1, 0.15) is 36.2 Å². The first-order valence-corrected chi connectivity index (χ1v) is 6.98. The van der Waals surface area contributed by atoms with Crippen LogP contribution < -0.4 is 5.32 Å². The molecule has 2 heterocycles. The molecule has 2 atom stereocenters. The second-order valence-corrected chi connectivity index (χ2v) is 5.83. The highest BCUT2D eigenvalue weighted by Crippen LogP contribution is 2.55. The van der Waals surface area contributed by atoms with Gasteiger partial charge >= 0.3 is 0 Å². The molecule has 6 nitrogen and oxygen atoms in total. The topological polar surface area (TPSA) is 90.9 Å². The summed E-state index contributed by atoms with van der Waals surface area (Å²) in [6.45, 7) is 0. The molecule has 0 aliphatic heterocycles. The number of nitrogens with zero attached hydrogens (tertiary/aromatic N) is 2. The molecule has 6 heteroatoms. The van der Waals surface area contributed by atoms with E-state index in [1.807, 2.05) is 0 Å². The Bertz CT molecular complexity index is 677. The van der Waals surface area contributed by atoms with E-state index < -0.39 is 0 Å². The van der Waals surface area contributed by atoms with Crippen LogP contribution in [0, 0.1) is 5.41 Å². The first-order chi connectivity index (χ1) is 9.71. The van der Waals surface area contributed by atoms with Gasteiger partial charge in [-0.25, -0.2) is 9.97 Å². The number of carbonyl (C=O) groups is 1. The first-order valence-electron chi connectivity index (χ1n) is 6.98. The summed E-state index contributed by atoms with van der Waals surface area (Å²) in [6, 6.07) is 1.88. The number of aromatic amines is 1. The number of rotatable bonds is 2. The van der Waals surface area contributed by atoms with Crippen LogP contribution >= 0.6 is 0 Å². The highest BCUT2D eigenvalue weighted by molar-refractivity contribution is 6.03. The summed E-state index contributed by atoms with van der Waals surface area (Å²) < 4.78 is 0. The van der Waals surface area contributed by atoms with Crippen LogP contribution in [-0.4, -0.2) is 38.1 Å². The van der Waals surface area contributed by atoms with Crippen molar-refractivity contribution in [2.45, 2.75) is 37.8 Å². The molecule has 104 valence electrons. The summed E-state index contributed by atoms with van der Waals surface area (Å²) in [4.78, 5) is 23.5. The Kier molecular flexibility index (Phi) is 2.38. The van der Waals surface area contributed by atoms with Gasteiger partial charge in [-0.15, -0.1) is 0 Å². The standard InChI is InChI=1S/C14H16N4O2/c19-10-6-9(14(10)3-1-4-14)18-13(20)11-8-2-5-15-12(8)17-7-16-11/h2,5,7,9-10,19H,1,3-4,6H2,(H,18,20)(H,15,16,17). The molecule has 3 N–H and O–H groups in total. The Balaban J connectivity index is 1.58. The monoisotopic (exact) mass is 272 g/mol. The van der Waals surface area contributed by atoms with Crippen LogP contribution in [-0.2, 0) is 0 Å². The van der Waals surface area contributed by atoms with Crippen molar-refractivity contribution in [1.82, 2.24) is 20.3 Å². The van der Waals surface area contributed by atoms with Crippen LogP contribution in [0.4, 0.5) is 0 Å². The van der Waals surface area contributed by atoms with E-state index in [0.717, 1.165) is 24.6 Å². The smallest absolute Gasteiger partial charge is 0.270 e. The van der Waals surface area contributed by atoms with E-state index in [2.05, 4.69) is 20.3 Å². The number of H-pyrrole nitrogens is 1. The zero-order chi connectivity index (χ0) is 13.7. The summed E-state index contributed by atoms with van der Waals surface area (Å²) in [5.41, 5.74) is 0.990. The lowest BCUT2D eigenvalue weighted by atomic mass is 9.51. The Morgan fingerprint density at radius 1 is 1.45 bits per heavy atom. The van der Waals surface area contributed by atoms with Gasteiger partial charge in [-0.3, -0.25) is 4.79 Å². The maximum Gasteiger partial charge on any atom is 0.270 e. The molecule has 1 spiro atoms. The number of aromatic nitrogens is 3. The number of hydrogen-bond acceptors (Lipinski definition) is 4. The Morgan fingerprint density at radius 3 is 3.00 bits per heavy atom. The molecular weight excluding hydrogens is 256 g/mol. The molecule has 20 heavy (non-hydrogen) atoms. The summed E-state index contributed by atoms with van der Waals surface area (Å²) >= 11 is 0. The molecule has 2 aliphatic carbocycles. The molecule has 4 rings (SSSR count). The van der Waals surface area contributed by atoms with Gasteiger partial charge in [-0.05, 0) is 25.3 Å². The number of aliphatic hydroxyl groups excluding tert-OH is 1. The summed E-state index contributed by atoms with van der Waals surface area (Å²) in [7, 11) is 0. The summed E-state index contributed by atoms with van der Waals surface area (Å²) in [5.74, 6) is -0.180. The zero-order valence-electron chi connectivity index (χ0n) is 11.0. The van der Waals surface area contributed by atoms with Gasteiger partial charge in [0.2, 0.25) is 0 Å². The fraction of sp³-hybridized carbons (Fsp3) is 0.500. The molecule has 0 radical (unpaired) electrons. The lowest BCUT2D eigenvalue weighted by molar-refractivity contribution is -0.141. The third-order valence-corrected chi connectivity index (χ3v) is 4.98. The number of carbonyl (C=O) groups excluding carboxylic acids is 1. The fourth-order valence-electron chi connectivity index (χ4n) is 3.51. The minimum Gasteiger partial charge on any atom is -0.392 e. The van der Waals surface area contributed by atoms with Crippen LogP contribution in [0.25, 0.3) is 11.0 Å². The quantitative estimate of drug-likeness (QED) is 0.760. The second-order valence-electron chi connectivity index (χ2n) is 5.83. The number of hydrogen-bond donors (Lipinski definition) is 3. The number of fused-ring (bicyclic) bond motifs is 1. The van der Waals surface area contributed by atoms with E-state index in [4.69, 9.17) is 0 Å². The van der Waals surface area contributed by atoms with Crippen LogP contribution in [0.5, 0.6) is 0 Å². The van der Waals surface area contributed by atoms with Crippen molar-refractivity contribution in [1.29, 1.82) is 0 Å². The second kappa shape index (κ2) is 4.02. The predicted molar refractivity (Wildman–Crippen MR) is 72.1 cm³/mol. The normalized spacial score (nSPS) is 27.1. The molecule has 0 aromatic carbocycles. The van der Waals surface area contributed by atoms with Crippen molar-refractivity contribution >= 4 is 16.9 Å². The lowest BCUT2D eigenvalue weighted by Crippen LogP contribution is -2.67. The van der Waals surface area contributed by atoms with Gasteiger partial charge in [0.15, 0.2) is 0 Å².